The third-order valence-corrected chi connectivity index (χ3v) is 5.20. The summed E-state index contributed by atoms with van der Waals surface area (Å²) >= 11 is 9.43. The molecule has 8 heteroatoms. The van der Waals surface area contributed by atoms with E-state index in [4.69, 9.17) is 11.6 Å². The van der Waals surface area contributed by atoms with Crippen LogP contribution >= 0.6 is 27.5 Å². The second kappa shape index (κ2) is 8.22. The van der Waals surface area contributed by atoms with E-state index in [0.29, 0.717) is 27.7 Å². The number of hydrogen-bond acceptors (Lipinski definition) is 4. The molecule has 148 valence electrons. The van der Waals surface area contributed by atoms with Crippen LogP contribution in [0.4, 0.5) is 11.4 Å². The minimum atomic E-state index is -0.484. The fourth-order valence-electron chi connectivity index (χ4n) is 3.09. The molecule has 0 saturated carbocycles. The maximum atomic E-state index is 13.3. The molecule has 1 aliphatic heterocycles. The summed E-state index contributed by atoms with van der Waals surface area (Å²) in [5.41, 5.74) is 1.63. The Balaban J connectivity index is 1.86. The van der Waals surface area contributed by atoms with Crippen LogP contribution in [0.2, 0.25) is 5.02 Å². The number of amides is 1. The Labute approximate surface area is 185 Å². The highest BCUT2D eigenvalue weighted by atomic mass is 79.9. The lowest BCUT2D eigenvalue weighted by molar-refractivity contribution is -0.385. The highest BCUT2D eigenvalue weighted by Gasteiger charge is 2.33. The van der Waals surface area contributed by atoms with Crippen LogP contribution in [0.25, 0.3) is 6.08 Å². The van der Waals surface area contributed by atoms with Gasteiger partial charge in [-0.3, -0.25) is 19.8 Å². The number of halogens is 2. The van der Waals surface area contributed by atoms with Crippen molar-refractivity contribution in [3.8, 4) is 0 Å². The number of nitro groups is 1. The molecule has 0 spiro atoms. The Hall–Kier alpha value is -3.29. The summed E-state index contributed by atoms with van der Waals surface area (Å²) in [4.78, 5) is 30.2. The highest BCUT2D eigenvalue weighted by molar-refractivity contribution is 9.10. The van der Waals surface area contributed by atoms with E-state index in [1.807, 2.05) is 12.1 Å². The van der Waals surface area contributed by atoms with Gasteiger partial charge in [-0.05, 0) is 54.6 Å². The molecule has 30 heavy (non-hydrogen) atoms. The van der Waals surface area contributed by atoms with Gasteiger partial charge >= 0.3 is 0 Å². The lowest BCUT2D eigenvalue weighted by Gasteiger charge is -2.18. The minimum Gasteiger partial charge on any atom is -0.266 e. The molecular weight excluding hydrogens is 470 g/mol. The highest BCUT2D eigenvalue weighted by Crippen LogP contribution is 2.31. The molecule has 1 aliphatic rings. The van der Waals surface area contributed by atoms with Gasteiger partial charge < -0.3 is 0 Å². The van der Waals surface area contributed by atoms with Gasteiger partial charge in [0.2, 0.25) is 0 Å². The molecule has 0 saturated heterocycles. The van der Waals surface area contributed by atoms with E-state index in [1.165, 1.54) is 17.0 Å². The van der Waals surface area contributed by atoms with Gasteiger partial charge in [-0.2, -0.15) is 0 Å². The van der Waals surface area contributed by atoms with Crippen LogP contribution in [0.1, 0.15) is 11.1 Å². The quantitative estimate of drug-likeness (QED) is 0.266. The molecule has 0 aromatic heterocycles. The Morgan fingerprint density at radius 2 is 1.77 bits per heavy atom. The largest absolute Gasteiger partial charge is 0.282 e. The lowest BCUT2D eigenvalue weighted by atomic mass is 10.1. The predicted molar refractivity (Wildman–Crippen MR) is 121 cm³/mol. The molecule has 0 radical (unpaired) electrons. The number of para-hydroxylation sites is 1. The maximum Gasteiger partial charge on any atom is 0.282 e. The van der Waals surface area contributed by atoms with E-state index in [1.54, 1.807) is 54.6 Å². The Kier molecular flexibility index (Phi) is 5.48. The molecule has 0 atom stereocenters. The van der Waals surface area contributed by atoms with Crippen LogP contribution < -0.4 is 4.90 Å². The first-order valence-corrected chi connectivity index (χ1v) is 10.0. The van der Waals surface area contributed by atoms with Crippen molar-refractivity contribution in [2.24, 2.45) is 4.99 Å². The fraction of sp³-hybridized carbons (Fsp3) is 0. The van der Waals surface area contributed by atoms with Crippen molar-refractivity contribution in [3.63, 3.8) is 0 Å². The molecule has 6 nitrogen and oxygen atoms in total. The standard InChI is InChI=1S/C22H13BrClN3O3/c23-16-5-3-6-18(13-16)26-21(14-8-10-17(24)11-9-14)25-19(22(26)28)12-15-4-1-2-7-20(15)27(29)30/h1-13H/b19-12+. The van der Waals surface area contributed by atoms with Gasteiger partial charge in [-0.1, -0.05) is 45.7 Å². The molecule has 0 N–H and O–H groups in total. The average molecular weight is 483 g/mol. The van der Waals surface area contributed by atoms with E-state index in [-0.39, 0.29) is 17.3 Å². The molecule has 0 aliphatic carbocycles. The second-order valence-electron chi connectivity index (χ2n) is 6.41. The molecule has 3 aromatic carbocycles. The van der Waals surface area contributed by atoms with Crippen molar-refractivity contribution in [2.45, 2.75) is 0 Å². The first-order chi connectivity index (χ1) is 14.4. The SMILES string of the molecule is O=C1/C(=C\c2ccccc2[N+](=O)[O-])N=C(c2ccc(Cl)cc2)N1c1cccc(Br)c1. The number of carbonyl (C=O) groups excluding carboxylic acids is 1. The van der Waals surface area contributed by atoms with E-state index >= 15 is 0 Å². The number of nitro benzene ring substituents is 1. The molecule has 3 aromatic rings. The van der Waals surface area contributed by atoms with Gasteiger partial charge in [0.15, 0.2) is 0 Å². The number of aliphatic imine (C=N–C) groups is 1. The van der Waals surface area contributed by atoms with Gasteiger partial charge in [0, 0.05) is 21.1 Å². The first kappa shape index (κ1) is 20.0. The smallest absolute Gasteiger partial charge is 0.266 e. The minimum absolute atomic E-state index is 0.0954. The van der Waals surface area contributed by atoms with E-state index in [2.05, 4.69) is 20.9 Å². The van der Waals surface area contributed by atoms with Gasteiger partial charge in [-0.15, -0.1) is 0 Å². The second-order valence-corrected chi connectivity index (χ2v) is 7.76. The van der Waals surface area contributed by atoms with Gasteiger partial charge in [0.1, 0.15) is 11.5 Å². The zero-order chi connectivity index (χ0) is 21.3. The molecular formula is C22H13BrClN3O3. The zero-order valence-corrected chi connectivity index (χ0v) is 17.7. The van der Waals surface area contributed by atoms with Crippen molar-refractivity contribution in [2.75, 3.05) is 4.90 Å². The third-order valence-electron chi connectivity index (χ3n) is 4.45. The summed E-state index contributed by atoms with van der Waals surface area (Å²) in [6.45, 7) is 0. The third kappa shape index (κ3) is 3.90. The Morgan fingerprint density at radius 1 is 1.03 bits per heavy atom. The summed E-state index contributed by atoms with van der Waals surface area (Å²) in [6.07, 6.45) is 1.44. The van der Waals surface area contributed by atoms with Gasteiger partial charge in [0.25, 0.3) is 11.6 Å². The fourth-order valence-corrected chi connectivity index (χ4v) is 3.60. The number of benzene rings is 3. The van der Waals surface area contributed by atoms with Crippen molar-refractivity contribution < 1.29 is 9.72 Å². The van der Waals surface area contributed by atoms with Gasteiger partial charge in [-0.25, -0.2) is 4.99 Å². The topological polar surface area (TPSA) is 75.8 Å². The number of rotatable bonds is 4. The van der Waals surface area contributed by atoms with E-state index in [9.17, 15) is 14.9 Å². The summed E-state index contributed by atoms with van der Waals surface area (Å²) in [5, 5.41) is 11.9. The number of hydrogen-bond donors (Lipinski definition) is 0. The number of carbonyl (C=O) groups is 1. The van der Waals surface area contributed by atoms with E-state index < -0.39 is 4.92 Å². The van der Waals surface area contributed by atoms with Crippen LogP contribution in [0.5, 0.6) is 0 Å². The molecule has 0 bridgehead atoms. The van der Waals surface area contributed by atoms with Crippen LogP contribution in [-0.2, 0) is 4.79 Å². The van der Waals surface area contributed by atoms with Crippen LogP contribution in [0, 0.1) is 10.1 Å². The van der Waals surface area contributed by atoms with Gasteiger partial charge in [0.05, 0.1) is 16.2 Å². The molecule has 1 heterocycles. The Morgan fingerprint density at radius 3 is 2.47 bits per heavy atom. The van der Waals surface area contributed by atoms with Crippen LogP contribution in [-0.4, -0.2) is 16.7 Å². The number of anilines is 1. The van der Waals surface area contributed by atoms with Crippen LogP contribution in [0.3, 0.4) is 0 Å². The molecule has 4 rings (SSSR count). The number of nitrogens with zero attached hydrogens (tertiary/aromatic N) is 3. The number of amidine groups is 1. The van der Waals surface area contributed by atoms with Crippen LogP contribution in [0.15, 0.2) is 88.0 Å². The Bertz CT molecular complexity index is 1220. The van der Waals surface area contributed by atoms with Crippen molar-refractivity contribution in [3.05, 3.63) is 109 Å². The summed E-state index contributed by atoms with van der Waals surface area (Å²) in [6, 6.07) is 20.5. The molecule has 1 amide bonds. The van der Waals surface area contributed by atoms with E-state index in [0.717, 1.165) is 4.47 Å². The monoisotopic (exact) mass is 481 g/mol. The van der Waals surface area contributed by atoms with Crippen molar-refractivity contribution in [1.29, 1.82) is 0 Å². The maximum absolute atomic E-state index is 13.3. The van der Waals surface area contributed by atoms with Crippen molar-refractivity contribution in [1.82, 2.24) is 0 Å². The summed E-state index contributed by atoms with van der Waals surface area (Å²) in [7, 11) is 0. The summed E-state index contributed by atoms with van der Waals surface area (Å²) in [5.74, 6) is 0.0378. The molecule has 0 unspecified atom stereocenters. The normalized spacial score (nSPS) is 14.9. The first-order valence-electron chi connectivity index (χ1n) is 8.84. The summed E-state index contributed by atoms with van der Waals surface area (Å²) < 4.78 is 0.805. The average Bonchev–Trinajstić information content (AvgIpc) is 3.05. The molecule has 0 fully saturated rings. The lowest BCUT2D eigenvalue weighted by Crippen LogP contribution is -2.32. The zero-order valence-electron chi connectivity index (χ0n) is 15.3. The predicted octanol–water partition coefficient (Wildman–Crippen LogP) is 5.85. The van der Waals surface area contributed by atoms with Crippen molar-refractivity contribution >= 4 is 56.7 Å².